The number of amides is 6. The fourth-order valence-corrected chi connectivity index (χ4v) is 9.90. The van der Waals surface area contributed by atoms with E-state index in [1.54, 1.807) is 12.1 Å². The Morgan fingerprint density at radius 3 is 1.64 bits per heavy atom. The molecule has 0 radical (unpaired) electrons. The summed E-state index contributed by atoms with van der Waals surface area (Å²) in [4.78, 5) is 93.0. The number of nitrogens with one attached hydrogen (secondary N) is 8. The zero-order chi connectivity index (χ0) is 62.8. The Morgan fingerprint density at radius 1 is 0.378 bits per heavy atom. The first-order valence-electron chi connectivity index (χ1n) is 28.5. The standard InChI is InChI=1S/C13H9NO.C9H9NO.C9H7NO.C8H8N2O.C8H7NO2.C8H7NO.C8H6O2.C7H6N2O2/c15-13-11-7-2-1-5-9(11)10-6-3-4-8-12(10)14-13;11-9-5-7-3-1-2-4-8(7)6-10-9;11-9-6-5-7-3-1-2-4-8(7)10-9;11-8-9-5-6-3-1-2-4-7(6)10-8;10-8-5-11-7-4-2-1-3-6(7)9-8;10-8-5-6-3-1-2-4-7(6)9-8;9-8-5-6-3-1-2-4-7(6)10-8;10-7-3-5-1-2-9(11)4-6(5)8-7/h1-8H,(H,14,15);1-4H,5-6H2,(H,10,11);1-6H,(H,10,11);1-4H,5H2,(H2,9,10,11);1-4H,5H2,(H,9,10);1-4H,5H2,(H,9,10);1-4H,5H2;1-2,4H,3H2,(H-,8,10,11)/p+1. The molecule has 90 heavy (non-hydrogen) atoms. The van der Waals surface area contributed by atoms with E-state index in [0.717, 1.165) is 87.9 Å². The third-order valence-electron chi connectivity index (χ3n) is 14.3. The van der Waals surface area contributed by atoms with Gasteiger partial charge in [-0.1, -0.05) is 146 Å². The number of aromatic nitrogens is 3. The number of carbonyl (C=O) groups excluding carboxylic acids is 6. The number of urea groups is 1. The molecule has 3 aromatic heterocycles. The molecular formula is C70H60N9O11+. The first kappa shape index (κ1) is 60.9. The highest BCUT2D eigenvalue weighted by Crippen LogP contribution is 2.27. The number of esters is 1. The highest BCUT2D eigenvalue weighted by molar-refractivity contribution is 6.05. The summed E-state index contributed by atoms with van der Waals surface area (Å²) in [6, 6.07) is 66.5. The van der Waals surface area contributed by atoms with Crippen molar-refractivity contribution in [2.24, 2.45) is 0 Å². The smallest absolute Gasteiger partial charge is 0.319 e. The number of para-hydroxylation sites is 7. The van der Waals surface area contributed by atoms with Gasteiger partial charge in [-0.05, 0) is 93.2 Å². The molecule has 17 rings (SSSR count). The molecule has 0 aliphatic carbocycles. The molecule has 0 fully saturated rings. The molecule has 9 N–H and O–H groups in total. The van der Waals surface area contributed by atoms with E-state index >= 15 is 0 Å². The van der Waals surface area contributed by atoms with Crippen molar-refractivity contribution < 1.29 is 48.2 Å². The third-order valence-corrected chi connectivity index (χ3v) is 14.3. The second-order valence-corrected chi connectivity index (χ2v) is 20.6. The minimum absolute atomic E-state index is 0.0220. The lowest BCUT2D eigenvalue weighted by Crippen LogP contribution is -2.33. The Kier molecular flexibility index (Phi) is 19.8. The van der Waals surface area contributed by atoms with Crippen molar-refractivity contribution >= 4 is 91.0 Å². The van der Waals surface area contributed by atoms with Gasteiger partial charge in [-0.25, -0.2) is 4.79 Å². The number of anilines is 4. The van der Waals surface area contributed by atoms with Gasteiger partial charge in [0.15, 0.2) is 6.61 Å². The van der Waals surface area contributed by atoms with E-state index in [1.807, 2.05) is 188 Å². The lowest BCUT2D eigenvalue weighted by Gasteiger charge is -2.17. The zero-order valence-electron chi connectivity index (χ0n) is 48.3. The molecule has 0 spiro atoms. The molecule has 11 aromatic rings. The number of H-pyrrole nitrogens is 2. The SMILES string of the molecule is O=C1COc2ccccc2N1.O=C1Cc2cc[n+](O)cc2N1.O=C1Cc2ccccc2CN1.O=C1Cc2ccccc2N1.O=C1Cc2ccccc2O1.O=C1NCc2ccccc2N1.O=c1[nH]c2ccccc2c2ccccc12.O=c1ccc2ccccc2[nH]1. The average Bonchev–Trinajstić information content (AvgIpc) is 1.43. The molecule has 0 atom stereocenters. The number of hydrogen-bond donors (Lipinski definition) is 9. The fraction of sp³-hybridized carbons (Fsp3) is 0.100. The number of rotatable bonds is 0. The normalized spacial score (nSPS) is 13.6. The number of pyridine rings is 3. The van der Waals surface area contributed by atoms with Crippen LogP contribution in [0.15, 0.2) is 234 Å². The maximum absolute atomic E-state index is 11.7. The topological polar surface area (TPSA) is 283 Å². The maximum atomic E-state index is 11.7. The number of aromatic amines is 2. The van der Waals surface area contributed by atoms with Crippen molar-refractivity contribution in [3.63, 3.8) is 0 Å². The summed E-state index contributed by atoms with van der Waals surface area (Å²) in [5.74, 6) is 1.42. The van der Waals surface area contributed by atoms with Crippen LogP contribution in [0.3, 0.4) is 0 Å². The zero-order valence-corrected chi connectivity index (χ0v) is 48.3. The van der Waals surface area contributed by atoms with Crippen LogP contribution in [0.1, 0.15) is 33.4 Å². The van der Waals surface area contributed by atoms with Gasteiger partial charge >= 0.3 is 12.0 Å². The van der Waals surface area contributed by atoms with E-state index in [2.05, 4.69) is 47.9 Å². The monoisotopic (exact) mass is 1200 g/mol. The third kappa shape index (κ3) is 16.4. The number of carbonyl (C=O) groups is 6. The molecule has 6 aliphatic heterocycles. The second kappa shape index (κ2) is 29.3. The van der Waals surface area contributed by atoms with Gasteiger partial charge in [-0.3, -0.25) is 38.8 Å². The summed E-state index contributed by atoms with van der Waals surface area (Å²) < 4.78 is 10.9. The summed E-state index contributed by atoms with van der Waals surface area (Å²) >= 11 is 0. The molecule has 8 aromatic carbocycles. The summed E-state index contributed by atoms with van der Waals surface area (Å²) in [5, 5.41) is 29.1. The van der Waals surface area contributed by atoms with Gasteiger partial charge < -0.3 is 51.3 Å². The second-order valence-electron chi connectivity index (χ2n) is 20.6. The Morgan fingerprint density at radius 2 is 0.911 bits per heavy atom. The van der Waals surface area contributed by atoms with Crippen LogP contribution in [0, 0.1) is 0 Å². The average molecular weight is 1200 g/mol. The van der Waals surface area contributed by atoms with E-state index in [4.69, 9.17) is 14.7 Å². The van der Waals surface area contributed by atoms with Crippen LogP contribution >= 0.6 is 0 Å². The minimum atomic E-state index is -0.152. The lowest BCUT2D eigenvalue weighted by molar-refractivity contribution is -0.904. The molecule has 0 unspecified atom stereocenters. The quantitative estimate of drug-likeness (QED) is 0.0227. The van der Waals surface area contributed by atoms with Gasteiger partial charge in [0.25, 0.3) is 11.5 Å². The van der Waals surface area contributed by atoms with Gasteiger partial charge in [-0.15, -0.1) is 0 Å². The highest BCUT2D eigenvalue weighted by Gasteiger charge is 2.22. The Balaban J connectivity index is 0.000000114. The van der Waals surface area contributed by atoms with Crippen LogP contribution in [-0.2, 0) is 62.7 Å². The largest absolute Gasteiger partial charge is 0.482 e. The van der Waals surface area contributed by atoms with Crippen LogP contribution in [0.25, 0.3) is 32.6 Å². The molecule has 6 aliphatic rings. The number of nitrogens with zero attached hydrogens (tertiary/aromatic N) is 1. The predicted octanol–water partition coefficient (Wildman–Crippen LogP) is 9.44. The Labute approximate surface area is 514 Å². The highest BCUT2D eigenvalue weighted by atomic mass is 16.5. The van der Waals surface area contributed by atoms with Crippen molar-refractivity contribution in [3.8, 4) is 11.5 Å². The van der Waals surface area contributed by atoms with Crippen LogP contribution in [0.5, 0.6) is 11.5 Å². The van der Waals surface area contributed by atoms with Gasteiger partial charge in [0, 0.05) is 68.7 Å². The number of ether oxygens (including phenoxy) is 2. The Hall–Kier alpha value is -12.2. The van der Waals surface area contributed by atoms with Crippen LogP contribution in [0.4, 0.5) is 27.5 Å². The predicted molar refractivity (Wildman–Crippen MR) is 342 cm³/mol. The molecule has 6 amide bonds. The first-order valence-corrected chi connectivity index (χ1v) is 28.5. The van der Waals surface area contributed by atoms with E-state index in [1.165, 1.54) is 24.0 Å². The fourth-order valence-electron chi connectivity index (χ4n) is 9.90. The molecule has 0 bridgehead atoms. The first-order chi connectivity index (χ1) is 43.8. The molecule has 0 saturated heterocycles. The van der Waals surface area contributed by atoms with Gasteiger partial charge in [-0.2, -0.15) is 0 Å². The van der Waals surface area contributed by atoms with Crippen LogP contribution in [0.2, 0.25) is 0 Å². The molecule has 0 saturated carbocycles. The van der Waals surface area contributed by atoms with E-state index in [0.29, 0.717) is 50.2 Å². The van der Waals surface area contributed by atoms with Crippen molar-refractivity contribution in [1.29, 1.82) is 0 Å². The Bertz CT molecular complexity index is 4340. The van der Waals surface area contributed by atoms with Crippen LogP contribution in [-0.4, -0.2) is 57.4 Å². The number of benzene rings is 8. The molecular weight excluding hydrogens is 1140 g/mol. The van der Waals surface area contributed by atoms with Gasteiger partial charge in [0.2, 0.25) is 35.7 Å². The lowest BCUT2D eigenvalue weighted by atomic mass is 10.0. The molecule has 450 valence electrons. The van der Waals surface area contributed by atoms with Gasteiger partial charge in [0.1, 0.15) is 17.2 Å². The van der Waals surface area contributed by atoms with Crippen molar-refractivity contribution in [2.75, 3.05) is 27.9 Å². The summed E-state index contributed by atoms with van der Waals surface area (Å²) in [6.45, 7) is 1.44. The van der Waals surface area contributed by atoms with Crippen LogP contribution < -0.4 is 57.2 Å². The number of hydrogen-bond acceptors (Lipinski definition) is 11. The van der Waals surface area contributed by atoms with E-state index < -0.39 is 0 Å². The summed E-state index contributed by atoms with van der Waals surface area (Å²) in [7, 11) is 0. The van der Waals surface area contributed by atoms with Crippen molar-refractivity contribution in [3.05, 3.63) is 279 Å². The molecule has 20 nitrogen and oxygen atoms in total. The number of fused-ring (bicyclic) bond motifs is 10. The minimum Gasteiger partial charge on any atom is -0.482 e. The molecule has 9 heterocycles. The summed E-state index contributed by atoms with van der Waals surface area (Å²) in [6.07, 6.45) is 4.89. The summed E-state index contributed by atoms with van der Waals surface area (Å²) in [5.41, 5.74) is 11.6. The van der Waals surface area contributed by atoms with Crippen molar-refractivity contribution in [1.82, 2.24) is 20.6 Å². The van der Waals surface area contributed by atoms with Crippen molar-refractivity contribution in [2.45, 2.75) is 38.8 Å². The molecule has 20 heteroatoms. The van der Waals surface area contributed by atoms with E-state index in [-0.39, 0.29) is 53.4 Å². The van der Waals surface area contributed by atoms with E-state index in [9.17, 15) is 38.4 Å². The van der Waals surface area contributed by atoms with Gasteiger partial charge in [0.05, 0.1) is 31.4 Å². The maximum Gasteiger partial charge on any atom is 0.319 e.